The highest BCUT2D eigenvalue weighted by Crippen LogP contribution is 2.32. The van der Waals surface area contributed by atoms with Crippen LogP contribution in [-0.2, 0) is 17.6 Å². The number of hydrogen-bond donors (Lipinski definition) is 1. The van der Waals surface area contributed by atoms with Crippen LogP contribution in [0.5, 0.6) is 0 Å². The smallest absolute Gasteiger partial charge is 0.326 e. The Morgan fingerprint density at radius 2 is 2.39 bits per heavy atom. The number of aryl methyl sites for hydroxylation is 1. The van der Waals surface area contributed by atoms with Crippen molar-refractivity contribution in [3.63, 3.8) is 0 Å². The quantitative estimate of drug-likeness (QED) is 0.912. The SMILES string of the molecule is O=C(O)C1CCCc2cnc(CC3CCCS3)n21. The van der Waals surface area contributed by atoms with E-state index in [-0.39, 0.29) is 0 Å². The second-order valence-electron chi connectivity index (χ2n) is 5.12. The number of fused-ring (bicyclic) bond motifs is 1. The lowest BCUT2D eigenvalue weighted by Crippen LogP contribution is -2.27. The molecule has 1 aromatic heterocycles. The number of nitrogens with zero attached hydrogens (tertiary/aromatic N) is 2. The normalized spacial score (nSPS) is 27.1. The number of carboxylic acid groups (broad SMARTS) is 1. The summed E-state index contributed by atoms with van der Waals surface area (Å²) in [6.45, 7) is 0. The highest BCUT2D eigenvalue weighted by atomic mass is 32.2. The molecular formula is C13H18N2O2S. The van der Waals surface area contributed by atoms with Crippen molar-refractivity contribution >= 4 is 17.7 Å². The molecule has 0 spiro atoms. The highest BCUT2D eigenvalue weighted by Gasteiger charge is 2.29. The Balaban J connectivity index is 1.86. The van der Waals surface area contributed by atoms with Crippen molar-refractivity contribution in [2.24, 2.45) is 0 Å². The molecule has 4 nitrogen and oxygen atoms in total. The van der Waals surface area contributed by atoms with Gasteiger partial charge in [0.15, 0.2) is 0 Å². The molecule has 98 valence electrons. The molecule has 2 unspecified atom stereocenters. The Morgan fingerprint density at radius 1 is 1.50 bits per heavy atom. The van der Waals surface area contributed by atoms with Crippen molar-refractivity contribution < 1.29 is 9.90 Å². The molecule has 0 amide bonds. The van der Waals surface area contributed by atoms with Crippen molar-refractivity contribution in [2.45, 2.75) is 49.8 Å². The fraction of sp³-hybridized carbons (Fsp3) is 0.692. The molecule has 0 radical (unpaired) electrons. The van der Waals surface area contributed by atoms with Crippen LogP contribution in [0.1, 0.15) is 43.2 Å². The first-order chi connectivity index (χ1) is 8.75. The predicted molar refractivity (Wildman–Crippen MR) is 71.0 cm³/mol. The van der Waals surface area contributed by atoms with Gasteiger partial charge in [0.1, 0.15) is 11.9 Å². The average Bonchev–Trinajstić information content (AvgIpc) is 2.99. The molecule has 2 aliphatic rings. The summed E-state index contributed by atoms with van der Waals surface area (Å²) in [6.07, 6.45) is 7.99. The molecule has 0 saturated carbocycles. The molecule has 5 heteroatoms. The molecule has 2 atom stereocenters. The van der Waals surface area contributed by atoms with E-state index in [1.54, 1.807) is 0 Å². The van der Waals surface area contributed by atoms with Gasteiger partial charge in [0.05, 0.1) is 0 Å². The van der Waals surface area contributed by atoms with Gasteiger partial charge in [-0.15, -0.1) is 0 Å². The molecule has 1 fully saturated rings. The summed E-state index contributed by atoms with van der Waals surface area (Å²) in [7, 11) is 0. The minimum Gasteiger partial charge on any atom is -0.480 e. The van der Waals surface area contributed by atoms with E-state index < -0.39 is 12.0 Å². The second kappa shape index (κ2) is 4.96. The van der Waals surface area contributed by atoms with Crippen LogP contribution in [0.25, 0.3) is 0 Å². The molecule has 1 saturated heterocycles. The van der Waals surface area contributed by atoms with E-state index >= 15 is 0 Å². The topological polar surface area (TPSA) is 55.1 Å². The van der Waals surface area contributed by atoms with E-state index in [2.05, 4.69) is 4.98 Å². The van der Waals surface area contributed by atoms with Crippen LogP contribution in [0.2, 0.25) is 0 Å². The number of rotatable bonds is 3. The third-order valence-corrected chi connectivity index (χ3v) is 5.29. The van der Waals surface area contributed by atoms with E-state index in [1.165, 1.54) is 18.6 Å². The van der Waals surface area contributed by atoms with Gasteiger partial charge in [-0.25, -0.2) is 9.78 Å². The lowest BCUT2D eigenvalue weighted by molar-refractivity contribution is -0.141. The number of aromatic nitrogens is 2. The van der Waals surface area contributed by atoms with Crippen LogP contribution in [-0.4, -0.2) is 31.6 Å². The molecule has 2 aliphatic heterocycles. The number of carbonyl (C=O) groups is 1. The Labute approximate surface area is 111 Å². The first kappa shape index (κ1) is 12.1. The summed E-state index contributed by atoms with van der Waals surface area (Å²) in [6, 6.07) is -0.391. The number of carboxylic acids is 1. The average molecular weight is 266 g/mol. The molecular weight excluding hydrogens is 248 g/mol. The zero-order chi connectivity index (χ0) is 12.5. The van der Waals surface area contributed by atoms with Crippen molar-refractivity contribution in [1.29, 1.82) is 0 Å². The number of imidazole rings is 1. The zero-order valence-corrected chi connectivity index (χ0v) is 11.2. The van der Waals surface area contributed by atoms with E-state index in [1.807, 2.05) is 22.5 Å². The monoisotopic (exact) mass is 266 g/mol. The third kappa shape index (κ3) is 2.16. The highest BCUT2D eigenvalue weighted by molar-refractivity contribution is 8.00. The van der Waals surface area contributed by atoms with E-state index in [9.17, 15) is 9.90 Å². The van der Waals surface area contributed by atoms with Gasteiger partial charge in [0.2, 0.25) is 0 Å². The molecule has 3 rings (SSSR count). The van der Waals surface area contributed by atoms with Gasteiger partial charge >= 0.3 is 5.97 Å². The Hall–Kier alpha value is -0.970. The zero-order valence-electron chi connectivity index (χ0n) is 10.3. The summed E-state index contributed by atoms with van der Waals surface area (Å²) in [4.78, 5) is 15.8. The van der Waals surface area contributed by atoms with Crippen LogP contribution in [0.3, 0.4) is 0 Å². The lowest BCUT2D eigenvalue weighted by Gasteiger charge is -2.24. The molecule has 3 heterocycles. The largest absolute Gasteiger partial charge is 0.480 e. The summed E-state index contributed by atoms with van der Waals surface area (Å²) in [5, 5.41) is 9.97. The van der Waals surface area contributed by atoms with Gasteiger partial charge in [0.25, 0.3) is 0 Å². The number of thioether (sulfide) groups is 1. The first-order valence-corrected chi connectivity index (χ1v) is 7.70. The number of aliphatic carboxylic acids is 1. The molecule has 0 aromatic carbocycles. The van der Waals surface area contributed by atoms with Crippen molar-refractivity contribution in [3.05, 3.63) is 17.7 Å². The van der Waals surface area contributed by atoms with Crippen LogP contribution in [0.15, 0.2) is 6.20 Å². The minimum absolute atomic E-state index is 0.391. The first-order valence-electron chi connectivity index (χ1n) is 6.65. The molecule has 0 bridgehead atoms. The van der Waals surface area contributed by atoms with E-state index in [0.717, 1.165) is 37.2 Å². The maximum atomic E-state index is 11.4. The van der Waals surface area contributed by atoms with Gasteiger partial charge in [-0.3, -0.25) is 0 Å². The van der Waals surface area contributed by atoms with Crippen LogP contribution >= 0.6 is 11.8 Å². The van der Waals surface area contributed by atoms with E-state index in [4.69, 9.17) is 0 Å². The van der Waals surface area contributed by atoms with Crippen LogP contribution in [0.4, 0.5) is 0 Å². The van der Waals surface area contributed by atoms with Crippen LogP contribution < -0.4 is 0 Å². The summed E-state index contributed by atoms with van der Waals surface area (Å²) >= 11 is 2.00. The third-order valence-electron chi connectivity index (χ3n) is 3.89. The van der Waals surface area contributed by atoms with Crippen molar-refractivity contribution in [1.82, 2.24) is 9.55 Å². The van der Waals surface area contributed by atoms with Gasteiger partial charge in [0, 0.05) is 23.6 Å². The summed E-state index contributed by atoms with van der Waals surface area (Å²) in [5.74, 6) is 1.51. The molecule has 1 aromatic rings. The standard InChI is InChI=1S/C13H18N2O2S/c16-13(17)11-5-1-3-9-8-14-12(15(9)11)7-10-4-2-6-18-10/h8,10-11H,1-7H2,(H,16,17). The fourth-order valence-electron chi connectivity index (χ4n) is 3.00. The summed E-state index contributed by atoms with van der Waals surface area (Å²) < 4.78 is 1.99. The summed E-state index contributed by atoms with van der Waals surface area (Å²) in [5.41, 5.74) is 1.10. The molecule has 0 aliphatic carbocycles. The minimum atomic E-state index is -0.714. The van der Waals surface area contributed by atoms with E-state index in [0.29, 0.717) is 5.25 Å². The Kier molecular flexibility index (Phi) is 3.33. The second-order valence-corrected chi connectivity index (χ2v) is 6.53. The molecule has 18 heavy (non-hydrogen) atoms. The predicted octanol–water partition coefficient (Wildman–Crippen LogP) is 2.28. The van der Waals surface area contributed by atoms with Gasteiger partial charge in [-0.05, 0) is 37.9 Å². The Bertz CT molecular complexity index is 452. The van der Waals surface area contributed by atoms with Crippen molar-refractivity contribution in [3.8, 4) is 0 Å². The molecule has 1 N–H and O–H groups in total. The van der Waals surface area contributed by atoms with Crippen molar-refractivity contribution in [2.75, 3.05) is 5.75 Å². The maximum absolute atomic E-state index is 11.4. The fourth-order valence-corrected chi connectivity index (χ4v) is 4.27. The Morgan fingerprint density at radius 3 is 3.11 bits per heavy atom. The lowest BCUT2D eigenvalue weighted by atomic mass is 10.0. The van der Waals surface area contributed by atoms with Crippen LogP contribution in [0, 0.1) is 0 Å². The number of hydrogen-bond acceptors (Lipinski definition) is 3. The maximum Gasteiger partial charge on any atom is 0.326 e. The van der Waals surface area contributed by atoms with Gasteiger partial charge in [-0.2, -0.15) is 11.8 Å². The van der Waals surface area contributed by atoms with Gasteiger partial charge in [-0.1, -0.05) is 0 Å². The van der Waals surface area contributed by atoms with Gasteiger partial charge < -0.3 is 9.67 Å².